The van der Waals surface area contributed by atoms with Crippen LogP contribution < -0.4 is 20.1 Å². The zero-order chi connectivity index (χ0) is 22.8. The minimum absolute atomic E-state index is 0.0776. The zero-order valence-electron chi connectivity index (χ0n) is 19.0. The van der Waals surface area contributed by atoms with E-state index in [-0.39, 0.29) is 23.9 Å². The average Bonchev–Trinajstić information content (AvgIpc) is 2.83. The smallest absolute Gasteiger partial charge is 0.261 e. The molecule has 6 nitrogen and oxygen atoms in total. The summed E-state index contributed by atoms with van der Waals surface area (Å²) in [5.41, 5.74) is 0. The molecule has 2 aromatic carbocycles. The fraction of sp³-hybridized carbons (Fsp3) is 0.462. The van der Waals surface area contributed by atoms with Gasteiger partial charge in [0.1, 0.15) is 11.5 Å². The molecule has 172 valence electrons. The van der Waals surface area contributed by atoms with Crippen molar-refractivity contribution in [2.45, 2.75) is 76.7 Å². The molecule has 1 saturated carbocycles. The Morgan fingerprint density at radius 2 is 1.06 bits per heavy atom. The summed E-state index contributed by atoms with van der Waals surface area (Å²) in [5.74, 6) is 1.24. The van der Waals surface area contributed by atoms with Gasteiger partial charge >= 0.3 is 0 Å². The molecule has 1 aliphatic rings. The summed E-state index contributed by atoms with van der Waals surface area (Å²) >= 11 is 0. The number of carbonyl (C=O) groups excluding carboxylic acids is 2. The number of benzene rings is 2. The van der Waals surface area contributed by atoms with Crippen LogP contribution >= 0.6 is 0 Å². The molecule has 0 spiro atoms. The average molecular weight is 439 g/mol. The van der Waals surface area contributed by atoms with Crippen LogP contribution in [-0.2, 0) is 9.59 Å². The van der Waals surface area contributed by atoms with Crippen molar-refractivity contribution in [3.05, 3.63) is 60.7 Å². The van der Waals surface area contributed by atoms with Gasteiger partial charge in [0.15, 0.2) is 12.2 Å². The summed E-state index contributed by atoms with van der Waals surface area (Å²) in [7, 11) is 0. The Kier molecular flexibility index (Phi) is 8.96. The van der Waals surface area contributed by atoms with E-state index in [0.29, 0.717) is 24.3 Å². The molecule has 6 heteroatoms. The van der Waals surface area contributed by atoms with Crippen molar-refractivity contribution < 1.29 is 19.1 Å². The molecule has 0 saturated heterocycles. The van der Waals surface area contributed by atoms with Gasteiger partial charge in [-0.3, -0.25) is 9.59 Å². The van der Waals surface area contributed by atoms with Crippen LogP contribution in [0.25, 0.3) is 0 Å². The van der Waals surface area contributed by atoms with E-state index < -0.39 is 12.2 Å². The third kappa shape index (κ3) is 7.01. The standard InChI is InChI=1S/C26H34N2O4/c1-3-23(31-21-11-7-5-8-12-21)25(29)27-19-15-17-20(18-16-19)28-26(30)24(4-2)32-22-13-9-6-10-14-22/h5-14,19-20,23-24H,3-4,15-18H2,1-2H3,(H,27,29)(H,28,30)/t19?,20?,23-,24-/m0/s1. The van der Waals surface area contributed by atoms with Crippen molar-refractivity contribution in [2.75, 3.05) is 0 Å². The van der Waals surface area contributed by atoms with Gasteiger partial charge in [-0.15, -0.1) is 0 Å². The molecule has 2 aromatic rings. The number of para-hydroxylation sites is 2. The van der Waals surface area contributed by atoms with E-state index in [1.165, 1.54) is 0 Å². The second kappa shape index (κ2) is 12.1. The highest BCUT2D eigenvalue weighted by Crippen LogP contribution is 2.21. The summed E-state index contributed by atoms with van der Waals surface area (Å²) in [6.45, 7) is 3.89. The minimum atomic E-state index is -0.504. The van der Waals surface area contributed by atoms with Crippen molar-refractivity contribution in [3.8, 4) is 11.5 Å². The molecule has 2 atom stereocenters. The molecular formula is C26H34N2O4. The number of ether oxygens (including phenoxy) is 2. The first-order valence-corrected chi connectivity index (χ1v) is 11.6. The largest absolute Gasteiger partial charge is 0.481 e. The molecule has 1 aliphatic carbocycles. The van der Waals surface area contributed by atoms with Gasteiger partial charge in [-0.05, 0) is 62.8 Å². The second-order valence-electron chi connectivity index (χ2n) is 8.22. The van der Waals surface area contributed by atoms with Crippen molar-refractivity contribution >= 4 is 11.8 Å². The third-order valence-electron chi connectivity index (χ3n) is 5.79. The van der Waals surface area contributed by atoms with Crippen molar-refractivity contribution in [3.63, 3.8) is 0 Å². The molecule has 1 fully saturated rings. The summed E-state index contributed by atoms with van der Waals surface area (Å²) in [6, 6.07) is 19.0. The number of amides is 2. The highest BCUT2D eigenvalue weighted by Gasteiger charge is 2.28. The maximum atomic E-state index is 12.7. The van der Waals surface area contributed by atoms with Crippen LogP contribution in [0.2, 0.25) is 0 Å². The highest BCUT2D eigenvalue weighted by atomic mass is 16.5. The lowest BCUT2D eigenvalue weighted by Crippen LogP contribution is -2.49. The van der Waals surface area contributed by atoms with Crippen molar-refractivity contribution in [2.24, 2.45) is 0 Å². The van der Waals surface area contributed by atoms with Crippen LogP contribution in [0.1, 0.15) is 52.4 Å². The SMILES string of the molecule is CC[C@H](Oc1ccccc1)C(=O)NC1CCC(NC(=O)[C@H](CC)Oc2ccccc2)CC1. The Labute approximate surface area is 190 Å². The maximum absolute atomic E-state index is 12.7. The Balaban J connectivity index is 1.43. The van der Waals surface area contributed by atoms with E-state index in [1.807, 2.05) is 74.5 Å². The van der Waals surface area contributed by atoms with Crippen molar-refractivity contribution in [1.29, 1.82) is 0 Å². The topological polar surface area (TPSA) is 76.7 Å². The summed E-state index contributed by atoms with van der Waals surface area (Å²) in [5, 5.41) is 6.26. The second-order valence-corrected chi connectivity index (χ2v) is 8.22. The van der Waals surface area contributed by atoms with E-state index in [1.54, 1.807) is 0 Å². The number of nitrogens with one attached hydrogen (secondary N) is 2. The zero-order valence-corrected chi connectivity index (χ0v) is 19.0. The van der Waals surface area contributed by atoms with Crippen LogP contribution in [-0.4, -0.2) is 36.1 Å². The molecule has 0 heterocycles. The molecule has 0 aromatic heterocycles. The van der Waals surface area contributed by atoms with Gasteiger partial charge in [-0.25, -0.2) is 0 Å². The van der Waals surface area contributed by atoms with Crippen molar-refractivity contribution in [1.82, 2.24) is 10.6 Å². The quantitative estimate of drug-likeness (QED) is 0.582. The molecule has 0 aliphatic heterocycles. The fourth-order valence-electron chi connectivity index (χ4n) is 3.94. The molecule has 2 amide bonds. The molecule has 2 N–H and O–H groups in total. The molecule has 0 unspecified atom stereocenters. The van der Waals surface area contributed by atoms with E-state index in [0.717, 1.165) is 25.7 Å². The Hall–Kier alpha value is -3.02. The minimum Gasteiger partial charge on any atom is -0.481 e. The first-order valence-electron chi connectivity index (χ1n) is 11.6. The number of hydrogen-bond donors (Lipinski definition) is 2. The van der Waals surface area contributed by atoms with Crippen LogP contribution in [0.15, 0.2) is 60.7 Å². The lowest BCUT2D eigenvalue weighted by molar-refractivity contribution is -0.130. The Bertz CT molecular complexity index is 764. The van der Waals surface area contributed by atoms with Gasteiger partial charge in [0.05, 0.1) is 0 Å². The predicted octanol–water partition coefficient (Wildman–Crippen LogP) is 4.25. The lowest BCUT2D eigenvalue weighted by atomic mass is 9.90. The summed E-state index contributed by atoms with van der Waals surface area (Å²) in [6.07, 6.45) is 3.51. The van der Waals surface area contributed by atoms with Gasteiger partial charge in [0, 0.05) is 12.1 Å². The van der Waals surface area contributed by atoms with Gasteiger partial charge < -0.3 is 20.1 Å². The number of hydrogen-bond acceptors (Lipinski definition) is 4. The first kappa shape index (κ1) is 23.6. The monoisotopic (exact) mass is 438 g/mol. The van der Waals surface area contributed by atoms with Crippen LogP contribution in [0.3, 0.4) is 0 Å². The molecule has 0 radical (unpaired) electrons. The summed E-state index contributed by atoms with van der Waals surface area (Å²) < 4.78 is 11.7. The molecule has 32 heavy (non-hydrogen) atoms. The van der Waals surface area contributed by atoms with Gasteiger partial charge in [0.2, 0.25) is 0 Å². The predicted molar refractivity (Wildman–Crippen MR) is 125 cm³/mol. The van der Waals surface area contributed by atoms with Gasteiger partial charge in [-0.2, -0.15) is 0 Å². The third-order valence-corrected chi connectivity index (χ3v) is 5.79. The maximum Gasteiger partial charge on any atom is 0.261 e. The van der Waals surface area contributed by atoms with Gasteiger partial charge in [0.25, 0.3) is 11.8 Å². The lowest BCUT2D eigenvalue weighted by Gasteiger charge is -2.31. The van der Waals surface area contributed by atoms with E-state index in [4.69, 9.17) is 9.47 Å². The molecular weight excluding hydrogens is 404 g/mol. The highest BCUT2D eigenvalue weighted by molar-refractivity contribution is 5.82. The van der Waals surface area contributed by atoms with Crippen LogP contribution in [0.5, 0.6) is 11.5 Å². The van der Waals surface area contributed by atoms with Gasteiger partial charge in [-0.1, -0.05) is 50.2 Å². The summed E-state index contributed by atoms with van der Waals surface area (Å²) in [4.78, 5) is 25.4. The number of rotatable bonds is 10. The molecule has 0 bridgehead atoms. The van der Waals surface area contributed by atoms with E-state index in [2.05, 4.69) is 10.6 Å². The van der Waals surface area contributed by atoms with Crippen LogP contribution in [0, 0.1) is 0 Å². The van der Waals surface area contributed by atoms with E-state index >= 15 is 0 Å². The van der Waals surface area contributed by atoms with Crippen LogP contribution in [0.4, 0.5) is 0 Å². The Morgan fingerprint density at radius 1 is 0.719 bits per heavy atom. The molecule has 3 rings (SSSR count). The normalized spacial score (nSPS) is 19.9. The Morgan fingerprint density at radius 3 is 1.38 bits per heavy atom. The fourth-order valence-corrected chi connectivity index (χ4v) is 3.94. The number of carbonyl (C=O) groups is 2. The van der Waals surface area contributed by atoms with E-state index in [9.17, 15) is 9.59 Å². The first-order chi connectivity index (χ1) is 15.6.